The van der Waals surface area contributed by atoms with Crippen molar-refractivity contribution in [3.05, 3.63) is 24.3 Å². The zero-order valence-corrected chi connectivity index (χ0v) is 28.5. The lowest BCUT2D eigenvalue weighted by Crippen LogP contribution is -2.15. The van der Waals surface area contributed by atoms with Crippen LogP contribution in [0.25, 0.3) is 0 Å². The van der Waals surface area contributed by atoms with Crippen LogP contribution < -0.4 is 0 Å². The van der Waals surface area contributed by atoms with Crippen LogP contribution in [0.5, 0.6) is 0 Å². The van der Waals surface area contributed by atoms with Crippen molar-refractivity contribution in [2.45, 2.75) is 143 Å². The highest BCUT2D eigenvalue weighted by molar-refractivity contribution is 7.61. The summed E-state index contributed by atoms with van der Waals surface area (Å²) in [6.07, 6.45) is 13.8. The van der Waals surface area contributed by atoms with Gasteiger partial charge in [-0.15, -0.1) is 0 Å². The fraction of sp³-hybridized carbons (Fsp3) is 0.800. The number of hydrogen-bond donors (Lipinski definition) is 2. The van der Waals surface area contributed by atoms with Crippen molar-refractivity contribution in [3.63, 3.8) is 0 Å². The molecule has 0 aliphatic carbocycles. The van der Waals surface area contributed by atoms with Gasteiger partial charge >= 0.3 is 27.6 Å². The highest BCUT2D eigenvalue weighted by atomic mass is 31.3. The quantitative estimate of drug-likeness (QED) is 0.0361. The van der Waals surface area contributed by atoms with Gasteiger partial charge in [0.25, 0.3) is 0 Å². The second kappa shape index (κ2) is 24.0. The second-order valence-corrected chi connectivity index (χ2v) is 14.2. The van der Waals surface area contributed by atoms with Crippen LogP contribution in [0.1, 0.15) is 130 Å². The molecule has 4 unspecified atom stereocenters. The first-order valence-corrected chi connectivity index (χ1v) is 18.5. The van der Waals surface area contributed by atoms with Gasteiger partial charge in [-0.25, -0.2) is 18.7 Å². The predicted octanol–water partition coefficient (Wildman–Crippen LogP) is 8.49. The number of carbonyl (C=O) groups is 2. The largest absolute Gasteiger partial charge is 0.481 e. The Labute approximate surface area is 259 Å². The van der Waals surface area contributed by atoms with Gasteiger partial charge in [-0.3, -0.25) is 9.05 Å². The fourth-order valence-electron chi connectivity index (χ4n) is 4.06. The van der Waals surface area contributed by atoms with Gasteiger partial charge in [0.15, 0.2) is 0 Å². The van der Waals surface area contributed by atoms with E-state index in [4.69, 9.17) is 18.5 Å². The van der Waals surface area contributed by atoms with Crippen molar-refractivity contribution in [2.24, 2.45) is 0 Å². The molecule has 13 heteroatoms. The van der Waals surface area contributed by atoms with Crippen LogP contribution in [0.3, 0.4) is 0 Å². The summed E-state index contributed by atoms with van der Waals surface area (Å²) in [5, 5.41) is 0. The van der Waals surface area contributed by atoms with Gasteiger partial charge in [-0.1, -0.05) is 77.4 Å². The first-order valence-electron chi connectivity index (χ1n) is 15.5. The van der Waals surface area contributed by atoms with Crippen molar-refractivity contribution < 1.29 is 51.3 Å². The van der Waals surface area contributed by atoms with Crippen LogP contribution in [0.2, 0.25) is 0 Å². The Kier molecular flexibility index (Phi) is 23.2. The number of phosphoric acid groups is 2. The van der Waals surface area contributed by atoms with E-state index < -0.39 is 15.6 Å². The molecule has 0 aliphatic heterocycles. The normalized spacial score (nSPS) is 15.6. The molecule has 4 atom stereocenters. The van der Waals surface area contributed by atoms with E-state index in [1.165, 1.54) is 0 Å². The summed E-state index contributed by atoms with van der Waals surface area (Å²) < 4.78 is 48.6. The Balaban J connectivity index is 3.76. The molecule has 0 fully saturated rings. The van der Waals surface area contributed by atoms with Crippen LogP contribution in [0.4, 0.5) is 0 Å². The van der Waals surface area contributed by atoms with E-state index in [-0.39, 0.29) is 37.4 Å². The molecule has 0 amide bonds. The molecule has 0 aromatic carbocycles. The lowest BCUT2D eigenvalue weighted by Gasteiger charge is -2.16. The summed E-state index contributed by atoms with van der Waals surface area (Å²) in [6.45, 7) is 14.0. The summed E-state index contributed by atoms with van der Waals surface area (Å²) in [6, 6.07) is 0. The Bertz CT molecular complexity index is 850. The van der Waals surface area contributed by atoms with Crippen molar-refractivity contribution >= 4 is 27.6 Å². The topological polar surface area (TPSA) is 155 Å². The predicted molar refractivity (Wildman–Crippen MR) is 167 cm³/mol. The van der Waals surface area contributed by atoms with Crippen LogP contribution in [-0.4, -0.2) is 47.1 Å². The average Bonchev–Trinajstić information content (AvgIpc) is 2.89. The number of carbonyl (C=O) groups excluding carboxylic acids is 2. The van der Waals surface area contributed by atoms with E-state index in [2.05, 4.69) is 17.5 Å². The lowest BCUT2D eigenvalue weighted by molar-refractivity contribution is -0.144. The molecule has 0 heterocycles. The van der Waals surface area contributed by atoms with Gasteiger partial charge in [0.2, 0.25) is 0 Å². The molecule has 252 valence electrons. The molecule has 0 aromatic rings. The number of phosphoric ester groups is 2. The fourth-order valence-corrected chi connectivity index (χ4v) is 6.20. The van der Waals surface area contributed by atoms with E-state index in [1.807, 2.05) is 13.8 Å². The maximum atomic E-state index is 12.0. The molecule has 2 N–H and O–H groups in total. The molecule has 11 nitrogen and oxygen atoms in total. The van der Waals surface area contributed by atoms with E-state index in [0.29, 0.717) is 24.0 Å². The monoisotopic (exact) mass is 654 g/mol. The summed E-state index contributed by atoms with van der Waals surface area (Å²) in [4.78, 5) is 42.5. The minimum Gasteiger partial charge on any atom is -0.459 e. The molecule has 0 bridgehead atoms. The van der Waals surface area contributed by atoms with Crippen molar-refractivity contribution in [2.75, 3.05) is 13.2 Å². The smallest absolute Gasteiger partial charge is 0.459 e. The maximum Gasteiger partial charge on any atom is 0.481 e. The van der Waals surface area contributed by atoms with Gasteiger partial charge < -0.3 is 19.3 Å². The van der Waals surface area contributed by atoms with Crippen molar-refractivity contribution in [3.8, 4) is 0 Å². The minimum absolute atomic E-state index is 0.0715. The van der Waals surface area contributed by atoms with Gasteiger partial charge in [0.1, 0.15) is 0 Å². The Hall–Kier alpha value is -1.32. The van der Waals surface area contributed by atoms with Crippen molar-refractivity contribution in [1.29, 1.82) is 0 Å². The summed E-state index contributed by atoms with van der Waals surface area (Å²) in [5.74, 6) is -0.721. The zero-order chi connectivity index (χ0) is 32.7. The first-order chi connectivity index (χ1) is 20.1. The summed E-state index contributed by atoms with van der Waals surface area (Å²) in [5.41, 5.74) is 0.793. The second-order valence-electron chi connectivity index (χ2n) is 11.2. The van der Waals surface area contributed by atoms with Crippen LogP contribution in [0.15, 0.2) is 24.3 Å². The molecule has 43 heavy (non-hydrogen) atoms. The van der Waals surface area contributed by atoms with E-state index >= 15 is 0 Å². The highest BCUT2D eigenvalue weighted by Gasteiger charge is 2.35. The van der Waals surface area contributed by atoms with Gasteiger partial charge in [-0.2, -0.15) is 4.31 Å². The van der Waals surface area contributed by atoms with Gasteiger partial charge in [-0.05, 0) is 66.2 Å². The molecule has 0 radical (unpaired) electrons. The van der Waals surface area contributed by atoms with Crippen LogP contribution in [-0.2, 0) is 41.6 Å². The SMILES string of the molecule is C=C(C)C(=O)OC(C)CCCCCCCCCOP(=O)(O)OP(=O)(O)OCCCCCCCCCC(C)OC(=O)C(=C)C. The maximum absolute atomic E-state index is 12.0. The van der Waals surface area contributed by atoms with Crippen LogP contribution >= 0.6 is 15.6 Å². The average molecular weight is 655 g/mol. The number of hydrogen-bond acceptors (Lipinski definition) is 9. The number of rotatable bonds is 28. The Morgan fingerprint density at radius 2 is 0.860 bits per heavy atom. The molecule has 0 aliphatic rings. The number of unbranched alkanes of at least 4 members (excludes halogenated alkanes) is 12. The molecule has 0 rings (SSSR count). The molecule has 0 aromatic heterocycles. The molecule has 0 saturated heterocycles. The number of esters is 2. The third-order valence-electron chi connectivity index (χ3n) is 6.54. The summed E-state index contributed by atoms with van der Waals surface area (Å²) in [7, 11) is -9.44. The molecular weight excluding hydrogens is 598 g/mol. The molecular formula is C30H56O11P2. The highest BCUT2D eigenvalue weighted by Crippen LogP contribution is 2.60. The van der Waals surface area contributed by atoms with E-state index in [9.17, 15) is 28.5 Å². The van der Waals surface area contributed by atoms with Gasteiger partial charge in [0, 0.05) is 11.1 Å². The molecule has 0 spiro atoms. The standard InChI is InChI=1S/C30H56O11P2/c1-25(2)29(31)39-27(5)21-17-13-9-7-11-15-19-23-37-42(33,34)41-43(35,36)38-24-20-16-12-8-10-14-18-22-28(6)40-30(32)26(3)4/h27-28H,1,3,7-24H2,2,4-6H3,(H,33,34)(H,35,36). The third-order valence-corrected chi connectivity index (χ3v) is 9.21. The van der Waals surface area contributed by atoms with Crippen molar-refractivity contribution in [1.82, 2.24) is 0 Å². The summed E-state index contributed by atoms with van der Waals surface area (Å²) >= 11 is 0. The minimum atomic E-state index is -4.72. The number of ether oxygens (including phenoxy) is 2. The third kappa shape index (κ3) is 25.7. The van der Waals surface area contributed by atoms with Crippen LogP contribution in [0, 0.1) is 0 Å². The van der Waals surface area contributed by atoms with E-state index in [1.54, 1.807) is 13.8 Å². The Morgan fingerprint density at radius 3 is 1.16 bits per heavy atom. The molecule has 0 saturated carbocycles. The Morgan fingerprint density at radius 1 is 0.581 bits per heavy atom. The first kappa shape index (κ1) is 41.7. The van der Waals surface area contributed by atoms with E-state index in [0.717, 1.165) is 89.9 Å². The van der Waals surface area contributed by atoms with Gasteiger partial charge in [0.05, 0.1) is 25.4 Å². The lowest BCUT2D eigenvalue weighted by atomic mass is 10.1. The zero-order valence-electron chi connectivity index (χ0n) is 26.8.